The molecule has 3 atom stereocenters. The van der Waals surface area contributed by atoms with E-state index in [1.165, 1.54) is 0 Å². The quantitative estimate of drug-likeness (QED) is 0.161. The number of likely N-dealkylation sites (tertiary alicyclic amines) is 1. The molecule has 0 aromatic carbocycles. The molecule has 1 fully saturated rings. The van der Waals surface area contributed by atoms with Gasteiger partial charge in [0, 0.05) is 19.6 Å². The van der Waals surface area contributed by atoms with E-state index in [9.17, 15) is 4.79 Å². The molecule has 1 saturated heterocycles. The van der Waals surface area contributed by atoms with Gasteiger partial charge in [-0.15, -0.1) is 0 Å². The number of piperidine rings is 1. The molecule has 1 rings (SSSR count). The first kappa shape index (κ1) is 31.0. The minimum Gasteiger partial charge on any atom is -0.411 e. The number of ether oxygens (including phenoxy) is 1. The van der Waals surface area contributed by atoms with E-state index < -0.39 is 16.6 Å². The van der Waals surface area contributed by atoms with Gasteiger partial charge in [0.05, 0.1) is 24.9 Å². The highest BCUT2D eigenvalue weighted by atomic mass is 28.4. The highest BCUT2D eigenvalue weighted by Gasteiger charge is 2.49. The van der Waals surface area contributed by atoms with Crippen LogP contribution < -0.4 is 0 Å². The Morgan fingerprint density at radius 3 is 2.00 bits per heavy atom. The molecule has 1 heterocycles. The Labute approximate surface area is 207 Å². The monoisotopic (exact) mass is 501 g/mol. The Hall–Kier alpha value is -0.0562. The molecule has 0 unspecified atom stereocenters. The summed E-state index contributed by atoms with van der Waals surface area (Å²) >= 11 is 0. The molecule has 1 aliphatic rings. The molecule has 0 bridgehead atoms. The van der Waals surface area contributed by atoms with E-state index in [4.69, 9.17) is 13.6 Å². The lowest BCUT2D eigenvalue weighted by atomic mass is 9.96. The highest BCUT2D eigenvalue weighted by molar-refractivity contribution is 6.74. The molecule has 196 valence electrons. The van der Waals surface area contributed by atoms with Gasteiger partial charge in [-0.05, 0) is 69.0 Å². The smallest absolute Gasteiger partial charge is 0.192 e. The topological polar surface area (TPSA) is 48.0 Å². The highest BCUT2D eigenvalue weighted by Crippen LogP contribution is 2.42. The van der Waals surface area contributed by atoms with Crippen LogP contribution in [0.4, 0.5) is 0 Å². The Morgan fingerprint density at radius 1 is 0.909 bits per heavy atom. The molecule has 0 saturated carbocycles. The minimum absolute atomic E-state index is 0.0234. The van der Waals surface area contributed by atoms with Gasteiger partial charge in [0.1, 0.15) is 6.29 Å². The molecule has 0 amide bonds. The zero-order chi connectivity index (χ0) is 25.5. The maximum absolute atomic E-state index is 10.7. The fraction of sp³-hybridized carbons (Fsp3) is 0.962. The van der Waals surface area contributed by atoms with Gasteiger partial charge >= 0.3 is 0 Å². The van der Waals surface area contributed by atoms with Crippen LogP contribution in [0.15, 0.2) is 0 Å². The number of hydrogen-bond donors (Lipinski definition) is 0. The van der Waals surface area contributed by atoms with E-state index in [1.807, 2.05) is 0 Å². The Kier molecular flexibility index (Phi) is 12.0. The fourth-order valence-corrected chi connectivity index (χ4v) is 6.57. The van der Waals surface area contributed by atoms with Crippen LogP contribution >= 0.6 is 0 Å². The van der Waals surface area contributed by atoms with E-state index in [0.29, 0.717) is 19.6 Å². The molecule has 0 N–H and O–H groups in total. The number of unbranched alkanes of at least 4 members (excludes halogenated alkanes) is 3. The molecular formula is C26H55NO4Si2. The maximum atomic E-state index is 10.7. The molecule has 0 spiro atoms. The van der Waals surface area contributed by atoms with Gasteiger partial charge in [-0.25, -0.2) is 0 Å². The van der Waals surface area contributed by atoms with Crippen LogP contribution in [-0.2, 0) is 18.4 Å². The standard InChI is InChI=1S/C26H55NO4Si2/c1-12-29-21-22-24(31-33(10,11)26(5,6)7)23(30-32(8,9)25(2,3)4)17-19-27(22)18-15-13-14-16-20-28/h20,22-24H,12-19,21H2,1-11H3/t22-,23-,24-/m1/s1. The number of nitrogens with zero attached hydrogens (tertiary/aromatic N) is 1. The van der Waals surface area contributed by atoms with Crippen molar-refractivity contribution in [2.75, 3.05) is 26.3 Å². The van der Waals surface area contributed by atoms with Crippen LogP contribution in [0.1, 0.15) is 80.6 Å². The van der Waals surface area contributed by atoms with Crippen molar-refractivity contribution in [2.24, 2.45) is 0 Å². The molecule has 0 aromatic heterocycles. The average molecular weight is 502 g/mol. The fourth-order valence-electron chi connectivity index (χ4n) is 3.87. The first-order valence-electron chi connectivity index (χ1n) is 13.2. The summed E-state index contributed by atoms with van der Waals surface area (Å²) in [7, 11) is -3.94. The van der Waals surface area contributed by atoms with E-state index in [2.05, 4.69) is 79.6 Å². The summed E-state index contributed by atoms with van der Waals surface area (Å²) in [5.74, 6) is 0. The first-order chi connectivity index (χ1) is 15.1. The van der Waals surface area contributed by atoms with E-state index in [-0.39, 0.29) is 28.3 Å². The summed E-state index contributed by atoms with van der Waals surface area (Å²) < 4.78 is 20.2. The zero-order valence-corrected chi connectivity index (χ0v) is 25.8. The molecule has 0 aliphatic carbocycles. The second-order valence-corrected chi connectivity index (χ2v) is 22.3. The zero-order valence-electron chi connectivity index (χ0n) is 23.8. The Morgan fingerprint density at radius 2 is 1.48 bits per heavy atom. The summed E-state index contributed by atoms with van der Waals surface area (Å²) in [6.45, 7) is 28.8. The largest absolute Gasteiger partial charge is 0.411 e. The van der Waals surface area contributed by atoms with Crippen molar-refractivity contribution in [3.8, 4) is 0 Å². The van der Waals surface area contributed by atoms with Gasteiger partial charge in [-0.2, -0.15) is 0 Å². The van der Waals surface area contributed by atoms with Crippen molar-refractivity contribution in [3.05, 3.63) is 0 Å². The maximum Gasteiger partial charge on any atom is 0.192 e. The van der Waals surface area contributed by atoms with Gasteiger partial charge in [0.15, 0.2) is 16.6 Å². The summed E-state index contributed by atoms with van der Waals surface area (Å²) in [6, 6.07) is 0.202. The molecular weight excluding hydrogens is 446 g/mol. The van der Waals surface area contributed by atoms with Crippen molar-refractivity contribution >= 4 is 22.9 Å². The van der Waals surface area contributed by atoms with Crippen LogP contribution in [0.5, 0.6) is 0 Å². The predicted octanol–water partition coefficient (Wildman–Crippen LogP) is 6.64. The number of carbonyl (C=O) groups is 1. The minimum atomic E-state index is -2.00. The third-order valence-electron chi connectivity index (χ3n) is 8.16. The predicted molar refractivity (Wildman–Crippen MR) is 145 cm³/mol. The first-order valence-corrected chi connectivity index (χ1v) is 19.0. The summed E-state index contributed by atoms with van der Waals surface area (Å²) in [6.07, 6.45) is 6.02. The molecule has 1 aliphatic heterocycles. The van der Waals surface area contributed by atoms with Crippen molar-refractivity contribution < 1.29 is 18.4 Å². The van der Waals surface area contributed by atoms with Crippen LogP contribution in [0, 0.1) is 0 Å². The third kappa shape index (κ3) is 9.15. The second kappa shape index (κ2) is 12.8. The van der Waals surface area contributed by atoms with Crippen LogP contribution in [0.3, 0.4) is 0 Å². The molecule has 33 heavy (non-hydrogen) atoms. The number of aldehydes is 1. The number of carbonyl (C=O) groups excluding carboxylic acids is 1. The van der Waals surface area contributed by atoms with Gasteiger partial charge in [-0.1, -0.05) is 48.0 Å². The lowest BCUT2D eigenvalue weighted by Gasteiger charge is -2.52. The van der Waals surface area contributed by atoms with Gasteiger partial charge in [0.25, 0.3) is 0 Å². The molecule has 7 heteroatoms. The lowest BCUT2D eigenvalue weighted by Crippen LogP contribution is -2.63. The van der Waals surface area contributed by atoms with E-state index in [1.54, 1.807) is 0 Å². The summed E-state index contributed by atoms with van der Waals surface area (Å²) in [4.78, 5) is 13.3. The van der Waals surface area contributed by atoms with Crippen molar-refractivity contribution in [1.82, 2.24) is 4.90 Å². The SMILES string of the molecule is CCOC[C@@H]1[C@@H](O[Si](C)(C)C(C)(C)C)[C@H](O[Si](C)(C)C(C)(C)C)CCN1CCCCCC=O. The van der Waals surface area contributed by atoms with Crippen LogP contribution in [0.25, 0.3) is 0 Å². The van der Waals surface area contributed by atoms with Gasteiger partial charge in [-0.3, -0.25) is 4.90 Å². The molecule has 5 nitrogen and oxygen atoms in total. The second-order valence-electron chi connectivity index (χ2n) is 12.8. The molecule has 0 radical (unpaired) electrons. The number of hydrogen-bond acceptors (Lipinski definition) is 5. The molecule has 0 aromatic rings. The third-order valence-corrected chi connectivity index (χ3v) is 17.1. The van der Waals surface area contributed by atoms with Crippen LogP contribution in [0.2, 0.25) is 36.3 Å². The van der Waals surface area contributed by atoms with Crippen molar-refractivity contribution in [1.29, 1.82) is 0 Å². The van der Waals surface area contributed by atoms with Crippen molar-refractivity contribution in [3.63, 3.8) is 0 Å². The lowest BCUT2D eigenvalue weighted by molar-refractivity contribution is -0.107. The van der Waals surface area contributed by atoms with E-state index in [0.717, 1.165) is 45.1 Å². The van der Waals surface area contributed by atoms with Crippen molar-refractivity contribution in [2.45, 2.75) is 135 Å². The van der Waals surface area contributed by atoms with Gasteiger partial charge < -0.3 is 18.4 Å². The van der Waals surface area contributed by atoms with Crippen LogP contribution in [-0.4, -0.2) is 72.4 Å². The normalized spacial score (nSPS) is 23.7. The Bertz CT molecular complexity index is 584. The average Bonchev–Trinajstić information content (AvgIpc) is 2.66. The summed E-state index contributed by atoms with van der Waals surface area (Å²) in [5, 5.41) is 0.307. The number of rotatable bonds is 13. The van der Waals surface area contributed by atoms with E-state index >= 15 is 0 Å². The summed E-state index contributed by atoms with van der Waals surface area (Å²) in [5.41, 5.74) is 0. The Balaban J connectivity index is 3.20. The van der Waals surface area contributed by atoms with Gasteiger partial charge in [0.2, 0.25) is 0 Å².